The molecule has 1 amide bonds. The van der Waals surface area contributed by atoms with E-state index < -0.39 is 0 Å². The first-order valence-electron chi connectivity index (χ1n) is 8.62. The van der Waals surface area contributed by atoms with Gasteiger partial charge in [0.15, 0.2) is 5.58 Å². The molecule has 0 atom stereocenters. The normalized spacial score (nSPS) is 14.8. The smallest absolute Gasteiger partial charge is 0.227 e. The highest BCUT2D eigenvalue weighted by atomic mass is 35.5. The summed E-state index contributed by atoms with van der Waals surface area (Å²) in [5.74, 6) is 0.741. The van der Waals surface area contributed by atoms with Gasteiger partial charge in [0.25, 0.3) is 0 Å². The third kappa shape index (κ3) is 3.54. The van der Waals surface area contributed by atoms with Gasteiger partial charge >= 0.3 is 0 Å². The van der Waals surface area contributed by atoms with Crippen LogP contribution in [-0.2, 0) is 11.2 Å². The van der Waals surface area contributed by atoms with Gasteiger partial charge in [-0.15, -0.1) is 0 Å². The van der Waals surface area contributed by atoms with Crippen LogP contribution in [0, 0.1) is 0 Å². The third-order valence-corrected chi connectivity index (χ3v) is 4.82. The Morgan fingerprint density at radius 1 is 1.12 bits per heavy atom. The van der Waals surface area contributed by atoms with Crippen LogP contribution in [0.2, 0.25) is 5.02 Å². The average molecular weight is 355 g/mol. The van der Waals surface area contributed by atoms with Crippen LogP contribution >= 0.6 is 11.6 Å². The van der Waals surface area contributed by atoms with Gasteiger partial charge in [0.2, 0.25) is 11.8 Å². The molecule has 2 aromatic carbocycles. The number of oxazole rings is 1. The van der Waals surface area contributed by atoms with E-state index >= 15 is 0 Å². The van der Waals surface area contributed by atoms with Crippen LogP contribution in [0.25, 0.3) is 22.6 Å². The number of carbonyl (C=O) groups is 1. The van der Waals surface area contributed by atoms with E-state index in [0.717, 1.165) is 42.6 Å². The highest BCUT2D eigenvalue weighted by molar-refractivity contribution is 6.31. The molecule has 0 radical (unpaired) electrons. The van der Waals surface area contributed by atoms with Crippen LogP contribution in [0.4, 0.5) is 0 Å². The van der Waals surface area contributed by atoms with Gasteiger partial charge in [-0.05, 0) is 55.2 Å². The molecule has 3 aromatic rings. The van der Waals surface area contributed by atoms with E-state index in [1.807, 2.05) is 35.2 Å². The molecule has 5 heteroatoms. The van der Waals surface area contributed by atoms with E-state index in [1.54, 1.807) is 12.1 Å². The molecule has 0 N–H and O–H groups in total. The van der Waals surface area contributed by atoms with Crippen LogP contribution in [0.1, 0.15) is 24.8 Å². The Hall–Kier alpha value is -2.33. The van der Waals surface area contributed by atoms with Crippen molar-refractivity contribution in [1.82, 2.24) is 9.88 Å². The zero-order valence-electron chi connectivity index (χ0n) is 13.9. The Bertz CT molecular complexity index is 913. The molecule has 4 nitrogen and oxygen atoms in total. The second-order valence-electron chi connectivity index (χ2n) is 6.45. The van der Waals surface area contributed by atoms with E-state index in [9.17, 15) is 4.79 Å². The predicted molar refractivity (Wildman–Crippen MR) is 98.6 cm³/mol. The number of hydrogen-bond donors (Lipinski definition) is 0. The number of likely N-dealkylation sites (tertiary alicyclic amines) is 1. The number of amides is 1. The van der Waals surface area contributed by atoms with Crippen LogP contribution in [0.15, 0.2) is 46.9 Å². The van der Waals surface area contributed by atoms with Crippen molar-refractivity contribution in [2.24, 2.45) is 0 Å². The Labute approximate surface area is 151 Å². The lowest BCUT2D eigenvalue weighted by Gasteiger charge is -2.26. The summed E-state index contributed by atoms with van der Waals surface area (Å²) in [5, 5.41) is 0.633. The molecule has 1 aliphatic heterocycles. The fourth-order valence-electron chi connectivity index (χ4n) is 3.27. The third-order valence-electron chi connectivity index (χ3n) is 4.59. The molecule has 128 valence electrons. The minimum absolute atomic E-state index is 0.196. The molecule has 0 aliphatic carbocycles. The van der Waals surface area contributed by atoms with Gasteiger partial charge in [0.1, 0.15) is 5.52 Å². The van der Waals surface area contributed by atoms with Crippen molar-refractivity contribution < 1.29 is 9.21 Å². The fraction of sp³-hybridized carbons (Fsp3) is 0.300. The van der Waals surface area contributed by atoms with Crippen molar-refractivity contribution in [3.8, 4) is 11.5 Å². The standard InChI is InChI=1S/C20H19ClN2O2/c21-16-7-8-18-17(13-16)22-20(25-18)15-6-4-5-14(11-15)12-19(24)23-9-2-1-3-10-23/h4-8,11,13H,1-3,9-10,12H2. The molecule has 2 heterocycles. The molecule has 1 fully saturated rings. The first-order chi connectivity index (χ1) is 12.2. The van der Waals surface area contributed by atoms with E-state index in [2.05, 4.69) is 4.98 Å². The van der Waals surface area contributed by atoms with Crippen molar-refractivity contribution in [3.63, 3.8) is 0 Å². The van der Waals surface area contributed by atoms with Gasteiger partial charge < -0.3 is 9.32 Å². The summed E-state index contributed by atoms with van der Waals surface area (Å²) in [7, 11) is 0. The van der Waals surface area contributed by atoms with Gasteiger partial charge in [-0.1, -0.05) is 23.7 Å². The van der Waals surface area contributed by atoms with E-state index in [1.165, 1.54) is 6.42 Å². The topological polar surface area (TPSA) is 46.3 Å². The molecule has 0 saturated carbocycles. The lowest BCUT2D eigenvalue weighted by atomic mass is 10.1. The molecule has 0 bridgehead atoms. The highest BCUT2D eigenvalue weighted by Gasteiger charge is 2.17. The second kappa shape index (κ2) is 6.89. The number of carbonyl (C=O) groups excluding carboxylic acids is 1. The average Bonchev–Trinajstić information content (AvgIpc) is 3.06. The number of halogens is 1. The number of nitrogens with zero attached hydrogens (tertiary/aromatic N) is 2. The molecule has 1 aliphatic rings. The molecule has 1 aromatic heterocycles. The maximum Gasteiger partial charge on any atom is 0.227 e. The van der Waals surface area contributed by atoms with Crippen molar-refractivity contribution in [2.75, 3.05) is 13.1 Å². The molecular weight excluding hydrogens is 336 g/mol. The fourth-order valence-corrected chi connectivity index (χ4v) is 3.43. The minimum Gasteiger partial charge on any atom is -0.436 e. The lowest BCUT2D eigenvalue weighted by Crippen LogP contribution is -2.36. The molecule has 25 heavy (non-hydrogen) atoms. The SMILES string of the molecule is O=C(Cc1cccc(-c2nc3cc(Cl)ccc3o2)c1)N1CCCCC1. The molecule has 4 rings (SSSR count). The van der Waals surface area contributed by atoms with Gasteiger partial charge in [0.05, 0.1) is 6.42 Å². The quantitative estimate of drug-likeness (QED) is 0.684. The monoisotopic (exact) mass is 354 g/mol. The molecule has 1 saturated heterocycles. The maximum absolute atomic E-state index is 12.5. The summed E-state index contributed by atoms with van der Waals surface area (Å²) in [6, 6.07) is 13.2. The summed E-state index contributed by atoms with van der Waals surface area (Å²) in [5.41, 5.74) is 3.29. The van der Waals surface area contributed by atoms with Gasteiger partial charge in [-0.3, -0.25) is 4.79 Å². The van der Waals surface area contributed by atoms with Crippen LogP contribution in [-0.4, -0.2) is 28.9 Å². The van der Waals surface area contributed by atoms with Gasteiger partial charge in [0, 0.05) is 23.7 Å². The predicted octanol–water partition coefficient (Wildman–Crippen LogP) is 4.70. The minimum atomic E-state index is 0.196. The van der Waals surface area contributed by atoms with Crippen LogP contribution in [0.5, 0.6) is 0 Å². The second-order valence-corrected chi connectivity index (χ2v) is 6.89. The summed E-state index contributed by atoms with van der Waals surface area (Å²) in [6.45, 7) is 1.76. The highest BCUT2D eigenvalue weighted by Crippen LogP contribution is 2.27. The number of aromatic nitrogens is 1. The zero-order valence-corrected chi connectivity index (χ0v) is 14.6. The first-order valence-corrected chi connectivity index (χ1v) is 9.00. The number of benzene rings is 2. The number of rotatable bonds is 3. The van der Waals surface area contributed by atoms with Crippen molar-refractivity contribution >= 4 is 28.6 Å². The Kier molecular flexibility index (Phi) is 4.45. The zero-order chi connectivity index (χ0) is 17.2. The largest absolute Gasteiger partial charge is 0.436 e. The molecule has 0 unspecified atom stereocenters. The Morgan fingerprint density at radius 2 is 1.96 bits per heavy atom. The number of fused-ring (bicyclic) bond motifs is 1. The van der Waals surface area contributed by atoms with E-state index in [0.29, 0.717) is 22.9 Å². The maximum atomic E-state index is 12.5. The lowest BCUT2D eigenvalue weighted by molar-refractivity contribution is -0.131. The van der Waals surface area contributed by atoms with Crippen molar-refractivity contribution in [1.29, 1.82) is 0 Å². The summed E-state index contributed by atoms with van der Waals surface area (Å²) < 4.78 is 5.82. The first kappa shape index (κ1) is 16.2. The Morgan fingerprint density at radius 3 is 2.80 bits per heavy atom. The van der Waals surface area contributed by atoms with E-state index in [-0.39, 0.29) is 5.91 Å². The van der Waals surface area contributed by atoms with Crippen LogP contribution < -0.4 is 0 Å². The van der Waals surface area contributed by atoms with Gasteiger partial charge in [-0.25, -0.2) is 4.98 Å². The molecule has 0 spiro atoms. The number of piperidine rings is 1. The summed E-state index contributed by atoms with van der Waals surface area (Å²) in [4.78, 5) is 18.9. The summed E-state index contributed by atoms with van der Waals surface area (Å²) in [6.07, 6.45) is 3.86. The number of hydrogen-bond acceptors (Lipinski definition) is 3. The van der Waals surface area contributed by atoms with Crippen molar-refractivity contribution in [3.05, 3.63) is 53.1 Å². The van der Waals surface area contributed by atoms with Crippen molar-refractivity contribution in [2.45, 2.75) is 25.7 Å². The molecular formula is C20H19ClN2O2. The van der Waals surface area contributed by atoms with Crippen LogP contribution in [0.3, 0.4) is 0 Å². The van der Waals surface area contributed by atoms with Gasteiger partial charge in [-0.2, -0.15) is 0 Å². The summed E-state index contributed by atoms with van der Waals surface area (Å²) >= 11 is 6.01. The van der Waals surface area contributed by atoms with E-state index in [4.69, 9.17) is 16.0 Å². The Balaban J connectivity index is 1.56.